The van der Waals surface area contributed by atoms with E-state index in [1.807, 2.05) is 11.8 Å². The molecular formula is C12H15FN4. The molecule has 0 spiro atoms. The van der Waals surface area contributed by atoms with Crippen LogP contribution in [0.5, 0.6) is 0 Å². The van der Waals surface area contributed by atoms with Crippen molar-refractivity contribution in [2.75, 3.05) is 11.4 Å². The molecular weight excluding hydrogens is 219 g/mol. The molecule has 0 atom stereocenters. The third-order valence-electron chi connectivity index (χ3n) is 2.90. The third-order valence-corrected chi connectivity index (χ3v) is 2.90. The first-order valence-electron chi connectivity index (χ1n) is 5.90. The minimum atomic E-state index is -0.333. The maximum atomic E-state index is 14.1. The molecule has 0 amide bonds. The van der Waals surface area contributed by atoms with Crippen molar-refractivity contribution in [1.29, 1.82) is 5.26 Å². The number of nitriles is 1. The fraction of sp³-hybridized carbons (Fsp3) is 0.583. The molecule has 0 saturated heterocycles. The molecule has 0 radical (unpaired) electrons. The average Bonchev–Trinajstić information content (AvgIpc) is 3.16. The molecule has 0 unspecified atom stereocenters. The molecule has 0 bridgehead atoms. The second-order valence-electron chi connectivity index (χ2n) is 4.14. The van der Waals surface area contributed by atoms with Crippen LogP contribution in [0, 0.1) is 17.1 Å². The van der Waals surface area contributed by atoms with Crippen LogP contribution in [0.2, 0.25) is 0 Å². The molecule has 5 heteroatoms. The Morgan fingerprint density at radius 3 is 2.88 bits per heavy atom. The molecule has 90 valence electrons. The summed E-state index contributed by atoms with van der Waals surface area (Å²) in [4.78, 5) is 9.86. The van der Waals surface area contributed by atoms with Gasteiger partial charge < -0.3 is 4.90 Å². The molecule has 0 aliphatic heterocycles. The lowest BCUT2D eigenvalue weighted by Gasteiger charge is -2.23. The van der Waals surface area contributed by atoms with Crippen LogP contribution in [0.3, 0.4) is 0 Å². The average molecular weight is 234 g/mol. The lowest BCUT2D eigenvalue weighted by atomic mass is 10.2. The van der Waals surface area contributed by atoms with Gasteiger partial charge in [0.2, 0.25) is 0 Å². The summed E-state index contributed by atoms with van der Waals surface area (Å²) in [5, 5.41) is 8.63. The Labute approximate surface area is 100 Å². The van der Waals surface area contributed by atoms with Gasteiger partial charge in [-0.1, -0.05) is 6.92 Å². The number of aryl methyl sites for hydroxylation is 1. The van der Waals surface area contributed by atoms with Crippen molar-refractivity contribution in [3.05, 3.63) is 17.8 Å². The number of aromatic nitrogens is 2. The van der Waals surface area contributed by atoms with Gasteiger partial charge in [-0.3, -0.25) is 0 Å². The monoisotopic (exact) mass is 234 g/mol. The standard InChI is InChI=1S/C12H15FN4/c1-2-10-11(13)12(16-8-15-10)17(7-3-6-14)9-4-5-9/h8-9H,2-5,7H2,1H3. The van der Waals surface area contributed by atoms with E-state index < -0.39 is 0 Å². The van der Waals surface area contributed by atoms with Gasteiger partial charge in [0, 0.05) is 12.6 Å². The van der Waals surface area contributed by atoms with E-state index in [2.05, 4.69) is 16.0 Å². The Balaban J connectivity index is 2.26. The Morgan fingerprint density at radius 2 is 2.29 bits per heavy atom. The molecule has 1 fully saturated rings. The number of hydrogen-bond donors (Lipinski definition) is 0. The van der Waals surface area contributed by atoms with Gasteiger partial charge in [0.15, 0.2) is 11.6 Å². The number of rotatable bonds is 5. The summed E-state index contributed by atoms with van der Waals surface area (Å²) in [6, 6.07) is 2.44. The summed E-state index contributed by atoms with van der Waals surface area (Å²) in [6.45, 7) is 2.41. The van der Waals surface area contributed by atoms with Crippen molar-refractivity contribution in [2.45, 2.75) is 38.6 Å². The summed E-state index contributed by atoms with van der Waals surface area (Å²) in [5.41, 5.74) is 0.442. The van der Waals surface area contributed by atoms with Crippen molar-refractivity contribution in [3.8, 4) is 6.07 Å². The molecule has 1 saturated carbocycles. The summed E-state index contributed by atoms with van der Waals surface area (Å²) in [7, 11) is 0. The second kappa shape index (κ2) is 5.09. The highest BCUT2D eigenvalue weighted by atomic mass is 19.1. The van der Waals surface area contributed by atoms with Crippen molar-refractivity contribution in [3.63, 3.8) is 0 Å². The quantitative estimate of drug-likeness (QED) is 0.782. The van der Waals surface area contributed by atoms with Gasteiger partial charge in [-0.15, -0.1) is 0 Å². The number of nitrogens with zero attached hydrogens (tertiary/aromatic N) is 4. The Morgan fingerprint density at radius 1 is 1.53 bits per heavy atom. The van der Waals surface area contributed by atoms with Crippen LogP contribution >= 0.6 is 0 Å². The van der Waals surface area contributed by atoms with Crippen LogP contribution in [0.4, 0.5) is 10.2 Å². The van der Waals surface area contributed by atoms with Crippen molar-refractivity contribution >= 4 is 5.82 Å². The molecule has 17 heavy (non-hydrogen) atoms. The van der Waals surface area contributed by atoms with E-state index in [1.165, 1.54) is 6.33 Å². The molecule has 1 heterocycles. The zero-order chi connectivity index (χ0) is 12.3. The predicted octanol–water partition coefficient (Wildman–Crippen LogP) is 2.06. The van der Waals surface area contributed by atoms with Gasteiger partial charge in [-0.25, -0.2) is 14.4 Å². The summed E-state index contributed by atoms with van der Waals surface area (Å²) in [6.07, 6.45) is 4.45. The molecule has 0 aromatic carbocycles. The van der Waals surface area contributed by atoms with Gasteiger partial charge in [0.25, 0.3) is 0 Å². The molecule has 4 nitrogen and oxygen atoms in total. The van der Waals surface area contributed by atoms with E-state index in [-0.39, 0.29) is 5.82 Å². The van der Waals surface area contributed by atoms with Gasteiger partial charge in [0.1, 0.15) is 6.33 Å². The summed E-state index contributed by atoms with van der Waals surface area (Å²) >= 11 is 0. The fourth-order valence-corrected chi connectivity index (χ4v) is 1.86. The van der Waals surface area contributed by atoms with E-state index in [4.69, 9.17) is 5.26 Å². The zero-order valence-corrected chi connectivity index (χ0v) is 9.86. The third kappa shape index (κ3) is 2.52. The largest absolute Gasteiger partial charge is 0.350 e. The van der Waals surface area contributed by atoms with Crippen LogP contribution in [0.1, 0.15) is 31.9 Å². The minimum Gasteiger partial charge on any atom is -0.350 e. The van der Waals surface area contributed by atoms with E-state index >= 15 is 0 Å². The van der Waals surface area contributed by atoms with Crippen LogP contribution in [0.15, 0.2) is 6.33 Å². The summed E-state index contributed by atoms with van der Waals surface area (Å²) < 4.78 is 14.1. The predicted molar refractivity (Wildman–Crippen MR) is 62.0 cm³/mol. The van der Waals surface area contributed by atoms with Crippen molar-refractivity contribution in [2.24, 2.45) is 0 Å². The van der Waals surface area contributed by atoms with Crippen LogP contribution in [0.25, 0.3) is 0 Å². The fourth-order valence-electron chi connectivity index (χ4n) is 1.86. The first-order chi connectivity index (χ1) is 8.27. The van der Waals surface area contributed by atoms with Gasteiger partial charge >= 0.3 is 0 Å². The zero-order valence-electron chi connectivity index (χ0n) is 9.86. The first-order valence-corrected chi connectivity index (χ1v) is 5.90. The molecule has 0 N–H and O–H groups in total. The lowest BCUT2D eigenvalue weighted by Crippen LogP contribution is -2.29. The first kappa shape index (κ1) is 11.8. The topological polar surface area (TPSA) is 52.8 Å². The highest BCUT2D eigenvalue weighted by Gasteiger charge is 2.31. The van der Waals surface area contributed by atoms with Crippen molar-refractivity contribution < 1.29 is 4.39 Å². The van der Waals surface area contributed by atoms with E-state index in [0.717, 1.165) is 12.8 Å². The van der Waals surface area contributed by atoms with Crippen LogP contribution < -0.4 is 4.90 Å². The number of anilines is 1. The second-order valence-corrected chi connectivity index (χ2v) is 4.14. The SMILES string of the molecule is CCc1ncnc(N(CCC#N)C2CC2)c1F. The normalized spacial score (nSPS) is 14.4. The Bertz CT molecular complexity index is 437. The van der Waals surface area contributed by atoms with Crippen molar-refractivity contribution in [1.82, 2.24) is 9.97 Å². The molecule has 2 rings (SSSR count). The molecule has 1 aliphatic carbocycles. The van der Waals surface area contributed by atoms with Gasteiger partial charge in [-0.05, 0) is 19.3 Å². The van der Waals surface area contributed by atoms with E-state index in [0.29, 0.717) is 36.9 Å². The minimum absolute atomic E-state index is 0.333. The van der Waals surface area contributed by atoms with E-state index in [1.54, 1.807) is 0 Å². The molecule has 1 aliphatic rings. The number of halogens is 1. The highest BCUT2D eigenvalue weighted by molar-refractivity contribution is 5.43. The summed E-state index contributed by atoms with van der Waals surface area (Å²) in [5.74, 6) is 0.0226. The Hall–Kier alpha value is -1.70. The van der Waals surface area contributed by atoms with Gasteiger partial charge in [0.05, 0.1) is 18.2 Å². The maximum Gasteiger partial charge on any atom is 0.187 e. The Kier molecular flexibility index (Phi) is 3.52. The van der Waals surface area contributed by atoms with Crippen LogP contribution in [-0.2, 0) is 6.42 Å². The highest BCUT2D eigenvalue weighted by Crippen LogP contribution is 2.32. The number of hydrogen-bond acceptors (Lipinski definition) is 4. The smallest absolute Gasteiger partial charge is 0.187 e. The van der Waals surface area contributed by atoms with Crippen LogP contribution in [-0.4, -0.2) is 22.6 Å². The molecule has 1 aromatic heterocycles. The van der Waals surface area contributed by atoms with Gasteiger partial charge in [-0.2, -0.15) is 5.26 Å². The maximum absolute atomic E-state index is 14.1. The lowest BCUT2D eigenvalue weighted by molar-refractivity contribution is 0.581. The molecule has 1 aromatic rings. The van der Waals surface area contributed by atoms with E-state index in [9.17, 15) is 4.39 Å².